The van der Waals surface area contributed by atoms with Gasteiger partial charge in [-0.3, -0.25) is 9.69 Å². The average Bonchev–Trinajstić information content (AvgIpc) is 3.49. The van der Waals surface area contributed by atoms with Gasteiger partial charge in [-0.25, -0.2) is 4.98 Å². The largest absolute Gasteiger partial charge is 0.497 e. The zero-order valence-corrected chi connectivity index (χ0v) is 19.9. The highest BCUT2D eigenvalue weighted by Gasteiger charge is 2.27. The highest BCUT2D eigenvalue weighted by Crippen LogP contribution is 2.31. The number of nitrogens with zero attached hydrogens (tertiary/aromatic N) is 2. The summed E-state index contributed by atoms with van der Waals surface area (Å²) in [4.78, 5) is 20.1. The fraction of sp³-hybridized carbons (Fsp3) is 0.385. The van der Waals surface area contributed by atoms with Crippen molar-refractivity contribution in [3.05, 3.63) is 65.0 Å². The molecule has 1 atom stereocenters. The van der Waals surface area contributed by atoms with Crippen molar-refractivity contribution >= 4 is 22.4 Å². The first kappa shape index (κ1) is 22.5. The Bertz CT molecular complexity index is 1050. The second-order valence-electron chi connectivity index (χ2n) is 9.12. The minimum absolute atomic E-state index is 0.0427. The lowest BCUT2D eigenvalue weighted by atomic mass is 9.86. The van der Waals surface area contributed by atoms with Crippen molar-refractivity contribution < 1.29 is 14.3 Å². The summed E-state index contributed by atoms with van der Waals surface area (Å²) in [6, 6.07) is 15.7. The Morgan fingerprint density at radius 1 is 1.16 bits per heavy atom. The van der Waals surface area contributed by atoms with Gasteiger partial charge in [0.1, 0.15) is 5.75 Å². The molecule has 4 rings (SSSR count). The van der Waals surface area contributed by atoms with E-state index in [-0.39, 0.29) is 17.4 Å². The Balaban J connectivity index is 1.61. The van der Waals surface area contributed by atoms with Crippen molar-refractivity contribution in [2.24, 2.45) is 0 Å². The molecule has 1 fully saturated rings. The van der Waals surface area contributed by atoms with E-state index < -0.39 is 0 Å². The van der Waals surface area contributed by atoms with Crippen molar-refractivity contribution in [1.29, 1.82) is 0 Å². The summed E-state index contributed by atoms with van der Waals surface area (Å²) in [5.41, 5.74) is 3.75. The van der Waals surface area contributed by atoms with Crippen molar-refractivity contribution in [2.75, 3.05) is 25.2 Å². The molecule has 2 aromatic carbocycles. The fourth-order valence-electron chi connectivity index (χ4n) is 3.79. The third kappa shape index (κ3) is 5.03. The minimum atomic E-state index is -0.0448. The molecule has 0 radical (unpaired) electrons. The maximum absolute atomic E-state index is 13.5. The first-order valence-electron chi connectivity index (χ1n) is 11.0. The van der Waals surface area contributed by atoms with Crippen molar-refractivity contribution in [3.63, 3.8) is 0 Å². The third-order valence-electron chi connectivity index (χ3n) is 5.76. The minimum Gasteiger partial charge on any atom is -0.497 e. The number of benzene rings is 2. The topological polar surface area (TPSA) is 51.7 Å². The van der Waals surface area contributed by atoms with Crippen molar-refractivity contribution in [1.82, 2.24) is 4.98 Å². The van der Waals surface area contributed by atoms with Crippen LogP contribution in [-0.2, 0) is 10.2 Å². The van der Waals surface area contributed by atoms with Crippen molar-refractivity contribution in [2.45, 2.75) is 45.1 Å². The van der Waals surface area contributed by atoms with E-state index >= 15 is 0 Å². The molecule has 0 saturated carbocycles. The molecule has 1 aromatic heterocycles. The smallest absolute Gasteiger partial charge is 0.260 e. The number of hydrogen-bond acceptors (Lipinski definition) is 5. The van der Waals surface area contributed by atoms with Gasteiger partial charge in [0, 0.05) is 23.1 Å². The number of aromatic nitrogens is 1. The van der Waals surface area contributed by atoms with Gasteiger partial charge in [0.15, 0.2) is 5.13 Å². The Morgan fingerprint density at radius 3 is 2.47 bits per heavy atom. The van der Waals surface area contributed by atoms with Gasteiger partial charge < -0.3 is 9.47 Å². The van der Waals surface area contributed by atoms with Gasteiger partial charge in [0.05, 0.1) is 25.5 Å². The number of amides is 1. The van der Waals surface area contributed by atoms with Crippen LogP contribution in [0.1, 0.15) is 49.5 Å². The Hall–Kier alpha value is -2.70. The second kappa shape index (κ2) is 9.43. The van der Waals surface area contributed by atoms with Crippen LogP contribution in [0.25, 0.3) is 11.3 Å². The predicted molar refractivity (Wildman–Crippen MR) is 130 cm³/mol. The maximum Gasteiger partial charge on any atom is 0.260 e. The molecule has 6 heteroatoms. The molecule has 0 aliphatic carbocycles. The number of thiazole rings is 1. The SMILES string of the molecule is COc1ccc(-c2csc(N(C[C@@H]3CCCO3)C(=O)c3ccc(C(C)(C)C)cc3)n2)cc1. The van der Waals surface area contributed by atoms with Crippen LogP contribution in [0, 0.1) is 0 Å². The monoisotopic (exact) mass is 450 g/mol. The van der Waals surface area contributed by atoms with Crippen LogP contribution in [0.5, 0.6) is 5.75 Å². The van der Waals surface area contributed by atoms with E-state index in [1.165, 1.54) is 16.9 Å². The molecular formula is C26H30N2O3S. The molecule has 1 amide bonds. The van der Waals surface area contributed by atoms with Gasteiger partial charge >= 0.3 is 0 Å². The molecule has 3 aromatic rings. The van der Waals surface area contributed by atoms with E-state index in [0.29, 0.717) is 17.2 Å². The summed E-state index contributed by atoms with van der Waals surface area (Å²) < 4.78 is 11.1. The van der Waals surface area contributed by atoms with Crippen LogP contribution >= 0.6 is 11.3 Å². The lowest BCUT2D eigenvalue weighted by molar-refractivity contribution is 0.0917. The number of hydrogen-bond donors (Lipinski definition) is 0. The normalized spacial score (nSPS) is 16.2. The number of rotatable bonds is 6. The first-order valence-corrected chi connectivity index (χ1v) is 11.9. The number of carbonyl (C=O) groups excluding carboxylic acids is 1. The van der Waals surface area contributed by atoms with Gasteiger partial charge in [0.2, 0.25) is 0 Å². The Labute approximate surface area is 194 Å². The third-order valence-corrected chi connectivity index (χ3v) is 6.63. The number of carbonyl (C=O) groups is 1. The van der Waals surface area contributed by atoms with Crippen LogP contribution in [0.3, 0.4) is 0 Å². The zero-order chi connectivity index (χ0) is 22.7. The van der Waals surface area contributed by atoms with E-state index in [2.05, 4.69) is 20.8 Å². The molecule has 1 saturated heterocycles. The summed E-state index contributed by atoms with van der Waals surface area (Å²) in [6.45, 7) is 7.77. The Kier molecular flexibility index (Phi) is 6.63. The molecular weight excluding hydrogens is 420 g/mol. The maximum atomic E-state index is 13.5. The molecule has 0 N–H and O–H groups in total. The van der Waals surface area contributed by atoms with E-state index in [9.17, 15) is 4.79 Å². The van der Waals surface area contributed by atoms with Crippen LogP contribution in [0.15, 0.2) is 53.9 Å². The molecule has 0 spiro atoms. The molecule has 0 bridgehead atoms. The molecule has 32 heavy (non-hydrogen) atoms. The first-order chi connectivity index (χ1) is 15.3. The molecule has 1 aliphatic rings. The van der Waals surface area contributed by atoms with Gasteiger partial charge in [-0.05, 0) is 60.2 Å². The molecule has 2 heterocycles. The van der Waals surface area contributed by atoms with Crippen LogP contribution in [0.4, 0.5) is 5.13 Å². The van der Waals surface area contributed by atoms with E-state index in [1.807, 2.05) is 53.9 Å². The molecule has 168 valence electrons. The van der Waals surface area contributed by atoms with E-state index in [0.717, 1.165) is 36.5 Å². The van der Waals surface area contributed by atoms with Crippen LogP contribution in [-0.4, -0.2) is 37.3 Å². The summed E-state index contributed by atoms with van der Waals surface area (Å²) >= 11 is 1.48. The average molecular weight is 451 g/mol. The highest BCUT2D eigenvalue weighted by atomic mass is 32.1. The number of ether oxygens (including phenoxy) is 2. The number of anilines is 1. The fourth-order valence-corrected chi connectivity index (χ4v) is 4.63. The van der Waals surface area contributed by atoms with Gasteiger partial charge in [0.25, 0.3) is 5.91 Å². The zero-order valence-electron chi connectivity index (χ0n) is 19.1. The summed E-state index contributed by atoms with van der Waals surface area (Å²) in [5.74, 6) is 0.759. The highest BCUT2D eigenvalue weighted by molar-refractivity contribution is 7.14. The van der Waals surface area contributed by atoms with Crippen LogP contribution in [0.2, 0.25) is 0 Å². The molecule has 0 unspecified atom stereocenters. The summed E-state index contributed by atoms with van der Waals surface area (Å²) in [7, 11) is 1.65. The van der Waals surface area contributed by atoms with E-state index in [1.54, 1.807) is 12.0 Å². The summed E-state index contributed by atoms with van der Waals surface area (Å²) in [5, 5.41) is 2.69. The standard InChI is InChI=1S/C26H30N2O3S/c1-26(2,3)20-11-7-19(8-12-20)24(29)28(16-22-6-5-15-31-22)25-27-23(17-32-25)18-9-13-21(30-4)14-10-18/h7-14,17,22H,5-6,15-16H2,1-4H3/t22-/m0/s1. The van der Waals surface area contributed by atoms with Gasteiger partial charge in [-0.15, -0.1) is 11.3 Å². The van der Waals surface area contributed by atoms with Crippen LogP contribution < -0.4 is 9.64 Å². The lowest BCUT2D eigenvalue weighted by Crippen LogP contribution is -2.37. The second-order valence-corrected chi connectivity index (χ2v) is 9.96. The summed E-state index contributed by atoms with van der Waals surface area (Å²) in [6.07, 6.45) is 2.03. The molecule has 1 aliphatic heterocycles. The van der Waals surface area contributed by atoms with Gasteiger partial charge in [-0.2, -0.15) is 0 Å². The molecule has 5 nitrogen and oxygen atoms in total. The Morgan fingerprint density at radius 2 is 1.88 bits per heavy atom. The predicted octanol–water partition coefficient (Wildman–Crippen LogP) is 5.94. The van der Waals surface area contributed by atoms with Crippen molar-refractivity contribution in [3.8, 4) is 17.0 Å². The van der Waals surface area contributed by atoms with E-state index in [4.69, 9.17) is 14.5 Å². The quantitative estimate of drug-likeness (QED) is 0.466. The van der Waals surface area contributed by atoms with Gasteiger partial charge in [-0.1, -0.05) is 32.9 Å². The number of methoxy groups -OCH3 is 1. The lowest BCUT2D eigenvalue weighted by Gasteiger charge is -2.24.